The molecule has 0 atom stereocenters. The lowest BCUT2D eigenvalue weighted by Crippen LogP contribution is -2.08. The highest BCUT2D eigenvalue weighted by molar-refractivity contribution is 5.77. The Labute approximate surface area is 127 Å². The van der Waals surface area contributed by atoms with Gasteiger partial charge in [-0.2, -0.15) is 0 Å². The summed E-state index contributed by atoms with van der Waals surface area (Å²) in [6, 6.07) is 5.99. The van der Waals surface area contributed by atoms with Crippen molar-refractivity contribution in [1.82, 2.24) is 4.90 Å². The second kappa shape index (κ2) is 17.8. The number of carbonyl (C=O) groups excluding carboxylic acids is 1. The van der Waals surface area contributed by atoms with Crippen molar-refractivity contribution in [2.75, 3.05) is 20.6 Å². The number of carbonyl (C=O) groups is 1. The predicted octanol–water partition coefficient (Wildman–Crippen LogP) is 4.99. The standard InChI is InChI=1S/C10H12O.C4H11N.2C2H6/c1-3-9-5-4-8(2)10(6-9)7-11;1-4-5(2)3;2*1-2/h4-7H,3H2,1-2H3;4H2,1-3H3;2*1-2H3. The Morgan fingerprint density at radius 3 is 1.80 bits per heavy atom. The van der Waals surface area contributed by atoms with Gasteiger partial charge in [0.15, 0.2) is 0 Å². The van der Waals surface area contributed by atoms with Crippen molar-refractivity contribution in [3.63, 3.8) is 0 Å². The molecule has 0 amide bonds. The lowest BCUT2D eigenvalue weighted by Gasteiger charge is -2.00. The molecule has 0 N–H and O–H groups in total. The van der Waals surface area contributed by atoms with Gasteiger partial charge in [-0.25, -0.2) is 0 Å². The first kappa shape index (κ1) is 23.9. The summed E-state index contributed by atoms with van der Waals surface area (Å²) in [5, 5.41) is 0. The maximum atomic E-state index is 10.5. The molecule has 1 aromatic carbocycles. The van der Waals surface area contributed by atoms with Crippen LogP contribution in [-0.2, 0) is 6.42 Å². The van der Waals surface area contributed by atoms with Gasteiger partial charge in [0.2, 0.25) is 0 Å². The van der Waals surface area contributed by atoms with Crippen molar-refractivity contribution in [3.05, 3.63) is 34.9 Å². The zero-order chi connectivity index (χ0) is 16.6. The van der Waals surface area contributed by atoms with Gasteiger partial charge in [0.25, 0.3) is 0 Å². The predicted molar refractivity (Wildman–Crippen MR) is 92.9 cm³/mol. The Balaban J connectivity index is -0.000000272. The Morgan fingerprint density at radius 1 is 1.05 bits per heavy atom. The molecule has 0 aromatic heterocycles. The lowest BCUT2D eigenvalue weighted by molar-refractivity contribution is 0.112. The molecule has 2 nitrogen and oxygen atoms in total. The lowest BCUT2D eigenvalue weighted by atomic mass is 10.0. The van der Waals surface area contributed by atoms with Gasteiger partial charge in [-0.05, 0) is 51.2 Å². The highest BCUT2D eigenvalue weighted by Crippen LogP contribution is 2.09. The maximum absolute atomic E-state index is 10.5. The zero-order valence-electron chi connectivity index (χ0n) is 15.1. The molecular formula is C18H35NO. The molecule has 1 rings (SSSR count). The van der Waals surface area contributed by atoms with E-state index in [0.29, 0.717) is 0 Å². The molecule has 0 heterocycles. The average Bonchev–Trinajstić information content (AvgIpc) is 2.52. The largest absolute Gasteiger partial charge is 0.310 e. The minimum atomic E-state index is 0.810. The second-order valence-corrected chi connectivity index (χ2v) is 4.06. The zero-order valence-corrected chi connectivity index (χ0v) is 15.1. The van der Waals surface area contributed by atoms with Crippen LogP contribution < -0.4 is 0 Å². The molecule has 0 unspecified atom stereocenters. The molecule has 2 heteroatoms. The van der Waals surface area contributed by atoms with Crippen LogP contribution in [0.5, 0.6) is 0 Å². The van der Waals surface area contributed by atoms with Crippen LogP contribution in [0.4, 0.5) is 0 Å². The maximum Gasteiger partial charge on any atom is 0.150 e. The summed E-state index contributed by atoms with van der Waals surface area (Å²) >= 11 is 0. The summed E-state index contributed by atoms with van der Waals surface area (Å²) in [7, 11) is 4.11. The smallest absolute Gasteiger partial charge is 0.150 e. The molecule has 0 saturated carbocycles. The van der Waals surface area contributed by atoms with E-state index in [9.17, 15) is 4.79 Å². The molecule has 0 aliphatic rings. The molecule has 20 heavy (non-hydrogen) atoms. The van der Waals surface area contributed by atoms with E-state index in [1.807, 2.05) is 46.8 Å². The summed E-state index contributed by atoms with van der Waals surface area (Å²) in [6.07, 6.45) is 1.90. The van der Waals surface area contributed by atoms with Gasteiger partial charge in [-0.15, -0.1) is 0 Å². The van der Waals surface area contributed by atoms with Gasteiger partial charge in [-0.3, -0.25) is 4.79 Å². The highest BCUT2D eigenvalue weighted by Gasteiger charge is 1.96. The molecule has 0 saturated heterocycles. The van der Waals surface area contributed by atoms with Crippen molar-refractivity contribution in [3.8, 4) is 0 Å². The van der Waals surface area contributed by atoms with E-state index in [4.69, 9.17) is 0 Å². The third kappa shape index (κ3) is 13.3. The van der Waals surface area contributed by atoms with Crippen molar-refractivity contribution in [1.29, 1.82) is 0 Å². The fourth-order valence-electron chi connectivity index (χ4n) is 1.04. The van der Waals surface area contributed by atoms with E-state index in [-0.39, 0.29) is 0 Å². The first-order valence-corrected chi connectivity index (χ1v) is 7.74. The summed E-state index contributed by atoms with van der Waals surface area (Å²) in [5.41, 5.74) is 3.08. The van der Waals surface area contributed by atoms with Crippen LogP contribution in [0.15, 0.2) is 18.2 Å². The van der Waals surface area contributed by atoms with Crippen LogP contribution >= 0.6 is 0 Å². The topological polar surface area (TPSA) is 20.3 Å². The van der Waals surface area contributed by atoms with Gasteiger partial charge in [0.05, 0.1) is 0 Å². The minimum Gasteiger partial charge on any atom is -0.310 e. The van der Waals surface area contributed by atoms with E-state index in [1.165, 1.54) is 5.56 Å². The molecule has 0 spiro atoms. The monoisotopic (exact) mass is 281 g/mol. The van der Waals surface area contributed by atoms with Gasteiger partial charge in [0, 0.05) is 5.56 Å². The SMILES string of the molecule is CC.CC.CCN(C)C.CCc1ccc(C)c(C=O)c1. The van der Waals surface area contributed by atoms with Gasteiger partial charge >= 0.3 is 0 Å². The number of hydrogen-bond acceptors (Lipinski definition) is 2. The Morgan fingerprint density at radius 2 is 1.50 bits per heavy atom. The molecule has 0 radical (unpaired) electrons. The number of benzene rings is 1. The van der Waals surface area contributed by atoms with Gasteiger partial charge in [-0.1, -0.05) is 53.7 Å². The summed E-state index contributed by atoms with van der Waals surface area (Å²) < 4.78 is 0. The third-order valence-electron chi connectivity index (χ3n) is 2.51. The van der Waals surface area contributed by atoms with Gasteiger partial charge in [0.1, 0.15) is 6.29 Å². The van der Waals surface area contributed by atoms with E-state index >= 15 is 0 Å². The van der Waals surface area contributed by atoms with E-state index in [1.54, 1.807) is 0 Å². The molecule has 0 fully saturated rings. The summed E-state index contributed by atoms with van der Waals surface area (Å²) in [4.78, 5) is 12.6. The summed E-state index contributed by atoms with van der Waals surface area (Å²) in [6.45, 7) is 15.3. The Hall–Kier alpha value is -1.15. The highest BCUT2D eigenvalue weighted by atomic mass is 16.1. The van der Waals surface area contributed by atoms with Crippen LogP contribution in [0, 0.1) is 6.92 Å². The Bertz CT molecular complexity index is 319. The second-order valence-electron chi connectivity index (χ2n) is 4.06. The molecular weight excluding hydrogens is 246 g/mol. The number of hydrogen-bond donors (Lipinski definition) is 0. The molecule has 118 valence electrons. The number of rotatable bonds is 3. The number of nitrogens with zero attached hydrogens (tertiary/aromatic N) is 1. The van der Waals surface area contributed by atoms with E-state index in [0.717, 1.165) is 30.4 Å². The first-order valence-electron chi connectivity index (χ1n) is 7.74. The van der Waals surface area contributed by atoms with Crippen LogP contribution in [0.25, 0.3) is 0 Å². The van der Waals surface area contributed by atoms with Crippen LogP contribution in [0.1, 0.15) is 63.0 Å². The van der Waals surface area contributed by atoms with E-state index < -0.39 is 0 Å². The average molecular weight is 281 g/mol. The van der Waals surface area contributed by atoms with Crippen molar-refractivity contribution < 1.29 is 4.79 Å². The van der Waals surface area contributed by atoms with Crippen LogP contribution in [0.3, 0.4) is 0 Å². The van der Waals surface area contributed by atoms with E-state index in [2.05, 4.69) is 38.9 Å². The fraction of sp³-hybridized carbons (Fsp3) is 0.611. The molecule has 0 aliphatic heterocycles. The number of aldehydes is 1. The van der Waals surface area contributed by atoms with Crippen molar-refractivity contribution in [2.24, 2.45) is 0 Å². The quantitative estimate of drug-likeness (QED) is 0.727. The van der Waals surface area contributed by atoms with Gasteiger partial charge < -0.3 is 4.90 Å². The van der Waals surface area contributed by atoms with Crippen LogP contribution in [-0.4, -0.2) is 31.8 Å². The minimum absolute atomic E-state index is 0.810. The fourth-order valence-corrected chi connectivity index (χ4v) is 1.04. The number of aryl methyl sites for hydroxylation is 2. The Kier molecular flexibility index (Phi) is 21.3. The normalized spacial score (nSPS) is 8.30. The van der Waals surface area contributed by atoms with Crippen molar-refractivity contribution >= 4 is 6.29 Å². The van der Waals surface area contributed by atoms with Crippen LogP contribution in [0.2, 0.25) is 0 Å². The summed E-state index contributed by atoms with van der Waals surface area (Å²) in [5.74, 6) is 0. The third-order valence-corrected chi connectivity index (χ3v) is 2.51. The first-order chi connectivity index (χ1) is 9.54. The van der Waals surface area contributed by atoms with Crippen molar-refractivity contribution in [2.45, 2.75) is 54.9 Å². The molecule has 0 aliphatic carbocycles. The molecule has 0 bridgehead atoms. The molecule has 1 aromatic rings.